The first kappa shape index (κ1) is 16.4. The van der Waals surface area contributed by atoms with E-state index in [1.807, 2.05) is 24.3 Å². The number of fused-ring (bicyclic) bond motifs is 1. The number of hydrogen-bond acceptors (Lipinski definition) is 4. The summed E-state index contributed by atoms with van der Waals surface area (Å²) in [5, 5.41) is 10.6. The van der Waals surface area contributed by atoms with Crippen molar-refractivity contribution >= 4 is 33.6 Å². The molecule has 0 amide bonds. The maximum atomic E-state index is 9.56. The van der Waals surface area contributed by atoms with Gasteiger partial charge in [-0.3, -0.25) is 0 Å². The van der Waals surface area contributed by atoms with Gasteiger partial charge in [0, 0.05) is 24.4 Å². The molecule has 0 saturated carbocycles. The van der Waals surface area contributed by atoms with Crippen LogP contribution in [0.1, 0.15) is 18.4 Å². The molecule has 3 heterocycles. The molecule has 1 fully saturated rings. The molecule has 0 aliphatic carbocycles. The van der Waals surface area contributed by atoms with Gasteiger partial charge in [0.05, 0.1) is 22.5 Å². The minimum Gasteiger partial charge on any atom is -0.489 e. The van der Waals surface area contributed by atoms with Crippen molar-refractivity contribution in [2.75, 3.05) is 13.2 Å². The molecule has 1 aromatic carbocycles. The maximum Gasteiger partial charge on any atom is 0.138 e. The zero-order chi connectivity index (χ0) is 17.2. The second-order valence-electron chi connectivity index (χ2n) is 5.99. The molecule has 0 unspecified atom stereocenters. The summed E-state index contributed by atoms with van der Waals surface area (Å²) in [7, 11) is 0. The molecule has 0 bridgehead atoms. The Morgan fingerprint density at radius 1 is 1.24 bits per heavy atom. The van der Waals surface area contributed by atoms with Crippen LogP contribution in [0.5, 0.6) is 5.75 Å². The predicted octanol–water partition coefficient (Wildman–Crippen LogP) is 4.26. The van der Waals surface area contributed by atoms with Crippen molar-refractivity contribution in [3.05, 3.63) is 45.8 Å². The van der Waals surface area contributed by atoms with E-state index < -0.39 is 0 Å². The summed E-state index contributed by atoms with van der Waals surface area (Å²) in [4.78, 5) is 7.60. The number of nitriles is 1. The average molecular weight is 445 g/mol. The number of nitrogens with zero attached hydrogens (tertiary/aromatic N) is 2. The molecule has 3 aromatic rings. The highest BCUT2D eigenvalue weighted by molar-refractivity contribution is 14.1. The standard InChI is InChI=1S/C19H16IN3O2/c20-18-10-16-15(3-6-22-19(16)23-18)12-1-2-17(13(9-12)11-21)25-14-4-7-24-8-5-14/h1-3,6,9-10,14H,4-5,7-8H2,(H,22,23). The van der Waals surface area contributed by atoms with Crippen molar-refractivity contribution in [3.63, 3.8) is 0 Å². The Kier molecular flexibility index (Phi) is 4.59. The van der Waals surface area contributed by atoms with Crippen LogP contribution in [0, 0.1) is 15.0 Å². The molecule has 1 N–H and O–H groups in total. The molecule has 0 radical (unpaired) electrons. The molecule has 25 heavy (non-hydrogen) atoms. The smallest absolute Gasteiger partial charge is 0.138 e. The summed E-state index contributed by atoms with van der Waals surface area (Å²) >= 11 is 2.24. The minimum atomic E-state index is 0.116. The Morgan fingerprint density at radius 3 is 2.88 bits per heavy atom. The van der Waals surface area contributed by atoms with Gasteiger partial charge in [-0.2, -0.15) is 5.26 Å². The van der Waals surface area contributed by atoms with Crippen molar-refractivity contribution in [1.82, 2.24) is 9.97 Å². The number of benzene rings is 1. The third-order valence-corrected chi connectivity index (χ3v) is 4.95. The topological polar surface area (TPSA) is 70.9 Å². The van der Waals surface area contributed by atoms with Crippen LogP contribution in [-0.2, 0) is 4.74 Å². The molecule has 4 rings (SSSR count). The SMILES string of the molecule is N#Cc1cc(-c2ccnc3[nH]c(I)cc23)ccc1OC1CCOCC1. The second kappa shape index (κ2) is 7.02. The van der Waals surface area contributed by atoms with Crippen LogP contribution >= 0.6 is 22.6 Å². The van der Waals surface area contributed by atoms with E-state index in [1.54, 1.807) is 6.20 Å². The zero-order valence-corrected chi connectivity index (χ0v) is 15.6. The highest BCUT2D eigenvalue weighted by atomic mass is 127. The first-order valence-electron chi connectivity index (χ1n) is 8.17. The predicted molar refractivity (Wildman–Crippen MR) is 103 cm³/mol. The number of halogens is 1. The van der Waals surface area contributed by atoms with Crippen LogP contribution in [0.15, 0.2) is 36.5 Å². The molecule has 1 aliphatic heterocycles. The molecule has 0 spiro atoms. The Labute approximate surface area is 159 Å². The maximum absolute atomic E-state index is 9.56. The summed E-state index contributed by atoms with van der Waals surface area (Å²) in [6, 6.07) is 12.1. The molecule has 126 valence electrons. The lowest BCUT2D eigenvalue weighted by atomic mass is 10.0. The lowest BCUT2D eigenvalue weighted by molar-refractivity contribution is 0.0254. The second-order valence-corrected chi connectivity index (χ2v) is 7.15. The van der Waals surface area contributed by atoms with Gasteiger partial charge < -0.3 is 14.5 Å². The fraction of sp³-hybridized carbons (Fsp3) is 0.263. The summed E-state index contributed by atoms with van der Waals surface area (Å²) in [6.45, 7) is 1.43. The number of H-pyrrole nitrogens is 1. The Bertz CT molecular complexity index is 955. The monoisotopic (exact) mass is 445 g/mol. The van der Waals surface area contributed by atoms with E-state index >= 15 is 0 Å². The number of aromatic nitrogens is 2. The summed E-state index contributed by atoms with van der Waals surface area (Å²) in [5.74, 6) is 0.645. The number of nitrogens with one attached hydrogen (secondary N) is 1. The quantitative estimate of drug-likeness (QED) is 0.612. The van der Waals surface area contributed by atoms with Gasteiger partial charge in [-0.15, -0.1) is 0 Å². The van der Waals surface area contributed by atoms with Crippen LogP contribution in [0.2, 0.25) is 0 Å². The summed E-state index contributed by atoms with van der Waals surface area (Å²) in [5.41, 5.74) is 3.44. The van der Waals surface area contributed by atoms with Gasteiger partial charge in [-0.25, -0.2) is 4.98 Å². The van der Waals surface area contributed by atoms with E-state index in [1.165, 1.54) is 0 Å². The molecule has 1 saturated heterocycles. The van der Waals surface area contributed by atoms with Gasteiger partial charge in [0.15, 0.2) is 0 Å². The van der Waals surface area contributed by atoms with Crippen molar-refractivity contribution in [2.24, 2.45) is 0 Å². The highest BCUT2D eigenvalue weighted by Gasteiger charge is 2.18. The summed E-state index contributed by atoms with van der Waals surface area (Å²) in [6.07, 6.45) is 3.62. The molecule has 6 heteroatoms. The lowest BCUT2D eigenvalue weighted by Crippen LogP contribution is -2.26. The molecule has 1 aliphatic rings. The third-order valence-electron chi connectivity index (χ3n) is 4.37. The number of rotatable bonds is 3. The van der Waals surface area contributed by atoms with E-state index in [0.717, 1.165) is 38.7 Å². The number of aromatic amines is 1. The van der Waals surface area contributed by atoms with E-state index in [4.69, 9.17) is 9.47 Å². The summed E-state index contributed by atoms with van der Waals surface area (Å²) < 4.78 is 12.4. The van der Waals surface area contributed by atoms with Crippen LogP contribution in [0.25, 0.3) is 22.2 Å². The van der Waals surface area contributed by atoms with Crippen LogP contribution in [0.3, 0.4) is 0 Å². The van der Waals surface area contributed by atoms with E-state index in [9.17, 15) is 5.26 Å². The fourth-order valence-electron chi connectivity index (χ4n) is 3.11. The number of pyridine rings is 1. The van der Waals surface area contributed by atoms with Crippen molar-refractivity contribution in [3.8, 4) is 22.9 Å². The van der Waals surface area contributed by atoms with Gasteiger partial charge in [-0.05, 0) is 58.0 Å². The number of hydrogen-bond donors (Lipinski definition) is 1. The molecular weight excluding hydrogens is 429 g/mol. The minimum absolute atomic E-state index is 0.116. The van der Waals surface area contributed by atoms with Crippen molar-refractivity contribution in [2.45, 2.75) is 18.9 Å². The van der Waals surface area contributed by atoms with E-state index in [0.29, 0.717) is 24.5 Å². The van der Waals surface area contributed by atoms with Gasteiger partial charge in [0.2, 0.25) is 0 Å². The fourth-order valence-corrected chi connectivity index (χ4v) is 3.67. The van der Waals surface area contributed by atoms with E-state index in [2.05, 4.69) is 44.7 Å². The first-order valence-corrected chi connectivity index (χ1v) is 9.24. The van der Waals surface area contributed by atoms with Gasteiger partial charge in [-0.1, -0.05) is 6.07 Å². The molecule has 0 atom stereocenters. The Hall–Kier alpha value is -2.11. The lowest BCUT2D eigenvalue weighted by Gasteiger charge is -2.23. The molecule has 5 nitrogen and oxygen atoms in total. The molecule has 2 aromatic heterocycles. The van der Waals surface area contributed by atoms with Crippen LogP contribution in [0.4, 0.5) is 0 Å². The third kappa shape index (κ3) is 3.34. The van der Waals surface area contributed by atoms with Crippen LogP contribution < -0.4 is 4.74 Å². The number of ether oxygens (including phenoxy) is 2. The zero-order valence-electron chi connectivity index (χ0n) is 13.5. The van der Waals surface area contributed by atoms with Gasteiger partial charge >= 0.3 is 0 Å². The normalized spacial score (nSPS) is 15.2. The highest BCUT2D eigenvalue weighted by Crippen LogP contribution is 2.32. The first-order chi connectivity index (χ1) is 12.2. The van der Waals surface area contributed by atoms with Crippen molar-refractivity contribution in [1.29, 1.82) is 5.26 Å². The van der Waals surface area contributed by atoms with Crippen LogP contribution in [-0.4, -0.2) is 29.3 Å². The Balaban J connectivity index is 1.70. The molecular formula is C19H16IN3O2. The Morgan fingerprint density at radius 2 is 2.08 bits per heavy atom. The van der Waals surface area contributed by atoms with Gasteiger partial charge in [0.25, 0.3) is 0 Å². The van der Waals surface area contributed by atoms with Crippen molar-refractivity contribution < 1.29 is 9.47 Å². The van der Waals surface area contributed by atoms with Gasteiger partial charge in [0.1, 0.15) is 23.6 Å². The van der Waals surface area contributed by atoms with E-state index in [-0.39, 0.29) is 6.10 Å². The average Bonchev–Trinajstić information content (AvgIpc) is 3.03. The largest absolute Gasteiger partial charge is 0.489 e.